The first-order chi connectivity index (χ1) is 16.0. The van der Waals surface area contributed by atoms with Crippen LogP contribution < -0.4 is 0 Å². The summed E-state index contributed by atoms with van der Waals surface area (Å²) in [5.41, 5.74) is 0. The van der Waals surface area contributed by atoms with Crippen LogP contribution in [0.25, 0.3) is 0 Å². The maximum absolute atomic E-state index is 11.5. The number of aliphatic hydroxyl groups excluding tert-OH is 10. The van der Waals surface area contributed by atoms with Crippen molar-refractivity contribution in [3.63, 3.8) is 0 Å². The Kier molecular flexibility index (Phi) is 9.15. The van der Waals surface area contributed by atoms with E-state index in [9.17, 15) is 55.9 Å². The molecule has 0 aromatic rings. The molecule has 0 aromatic heterocycles. The zero-order valence-corrected chi connectivity index (χ0v) is 17.6. The van der Waals surface area contributed by atoms with Gasteiger partial charge in [0.15, 0.2) is 24.8 Å². The van der Waals surface area contributed by atoms with Gasteiger partial charge in [0.25, 0.3) is 0 Å². The summed E-state index contributed by atoms with van der Waals surface area (Å²) in [4.78, 5) is 11.5. The minimum absolute atomic E-state index is 0.747. The van der Waals surface area contributed by atoms with E-state index in [1.807, 2.05) is 0 Å². The Labute approximate surface area is 192 Å². The van der Waals surface area contributed by atoms with Gasteiger partial charge in [0.05, 0.1) is 19.8 Å². The predicted molar refractivity (Wildman–Crippen MR) is 100 cm³/mol. The second kappa shape index (κ2) is 11.3. The largest absolute Gasteiger partial charge is 0.455 e. The van der Waals surface area contributed by atoms with E-state index in [0.29, 0.717) is 0 Å². The van der Waals surface area contributed by atoms with Crippen LogP contribution >= 0.6 is 0 Å². The van der Waals surface area contributed by atoms with Gasteiger partial charge in [0.2, 0.25) is 0 Å². The van der Waals surface area contributed by atoms with Gasteiger partial charge in [0, 0.05) is 0 Å². The molecule has 3 heterocycles. The topological polar surface area (TPSA) is 266 Å². The van der Waals surface area contributed by atoms with Crippen LogP contribution in [0, 0.1) is 0 Å². The molecule has 16 heteroatoms. The van der Waals surface area contributed by atoms with E-state index in [2.05, 4.69) is 0 Å². The standard InChI is InChI=1S/C18H30O16/c19-1-4-7(22)8(23)12(27)17(31-4)34-15-6(3-21)32-18(13(28)10(15)25)33-14-5(2-20)30-16(29)11(26)9(14)24/h4-15,17-28H,1-3H2/t4-,5-,6-,7-,8+,9-,10-,11-,12-,13-,14-,15-,17+,18+/m1/s1. The van der Waals surface area contributed by atoms with Crippen LogP contribution in [-0.2, 0) is 28.5 Å². The molecule has 14 atom stereocenters. The molecule has 0 aliphatic carbocycles. The van der Waals surface area contributed by atoms with Crippen molar-refractivity contribution in [3.05, 3.63) is 0 Å². The Morgan fingerprint density at radius 2 is 1.06 bits per heavy atom. The Bertz CT molecular complexity index is 674. The van der Waals surface area contributed by atoms with E-state index >= 15 is 0 Å². The summed E-state index contributed by atoms with van der Waals surface area (Å²) >= 11 is 0. The number of ether oxygens (including phenoxy) is 5. The van der Waals surface area contributed by atoms with Gasteiger partial charge in [-0.3, -0.25) is 0 Å². The molecule has 0 radical (unpaired) electrons. The molecule has 3 saturated heterocycles. The van der Waals surface area contributed by atoms with E-state index < -0.39 is 112 Å². The molecule has 0 spiro atoms. The fourth-order valence-corrected chi connectivity index (χ4v) is 3.96. The Balaban J connectivity index is 1.72. The molecule has 0 saturated carbocycles. The first kappa shape index (κ1) is 27.5. The number of carbonyl (C=O) groups is 1. The summed E-state index contributed by atoms with van der Waals surface area (Å²) < 4.78 is 26.1. The second-order valence-electron chi connectivity index (χ2n) is 8.20. The van der Waals surface area contributed by atoms with E-state index in [1.54, 1.807) is 0 Å². The molecule has 0 aromatic carbocycles. The number of rotatable bonds is 7. The van der Waals surface area contributed by atoms with E-state index in [-0.39, 0.29) is 0 Å². The summed E-state index contributed by atoms with van der Waals surface area (Å²) in [6.07, 6.45) is -23.9. The Hall–Kier alpha value is -1.09. The number of carbonyl (C=O) groups excluding carboxylic acids is 1. The van der Waals surface area contributed by atoms with Gasteiger partial charge in [-0.15, -0.1) is 0 Å². The van der Waals surface area contributed by atoms with Crippen LogP contribution in [0.3, 0.4) is 0 Å². The molecular weight excluding hydrogens is 472 g/mol. The number of hydrogen-bond donors (Lipinski definition) is 10. The lowest BCUT2D eigenvalue weighted by Crippen LogP contribution is -2.66. The molecule has 0 unspecified atom stereocenters. The third-order valence-electron chi connectivity index (χ3n) is 5.97. The predicted octanol–water partition coefficient (Wildman–Crippen LogP) is -7.36. The van der Waals surface area contributed by atoms with Crippen molar-refractivity contribution in [2.75, 3.05) is 19.8 Å². The van der Waals surface area contributed by atoms with Crippen molar-refractivity contribution >= 4 is 5.97 Å². The van der Waals surface area contributed by atoms with Gasteiger partial charge in [-0.25, -0.2) is 4.79 Å². The molecule has 0 bridgehead atoms. The van der Waals surface area contributed by atoms with Crippen LogP contribution in [0.2, 0.25) is 0 Å². The Morgan fingerprint density at radius 1 is 0.588 bits per heavy atom. The van der Waals surface area contributed by atoms with E-state index in [1.165, 1.54) is 0 Å². The molecule has 3 rings (SSSR count). The highest BCUT2D eigenvalue weighted by molar-refractivity contribution is 5.76. The zero-order chi connectivity index (χ0) is 25.3. The number of aliphatic hydroxyl groups is 10. The second-order valence-corrected chi connectivity index (χ2v) is 8.20. The summed E-state index contributed by atoms with van der Waals surface area (Å²) in [5, 5.41) is 99.2. The van der Waals surface area contributed by atoms with Gasteiger partial charge in [0.1, 0.15) is 61.0 Å². The zero-order valence-electron chi connectivity index (χ0n) is 17.6. The SMILES string of the molecule is O=C1O[C@H](CO)[C@@H](O[C@@H]2O[C@H](CO)[C@@H](O[C@@H]3O[C@H](CO)[C@@H](O)[C@H](O)[C@H]3O)[C@H](O)[C@H]2O)[C@H](O)[C@H]1O. The van der Waals surface area contributed by atoms with Gasteiger partial charge in [-0.05, 0) is 0 Å². The normalized spacial score (nSPS) is 50.1. The van der Waals surface area contributed by atoms with Gasteiger partial charge < -0.3 is 74.7 Å². The van der Waals surface area contributed by atoms with E-state index in [0.717, 1.165) is 0 Å². The minimum Gasteiger partial charge on any atom is -0.455 e. The van der Waals surface area contributed by atoms with Crippen LogP contribution in [0.5, 0.6) is 0 Å². The van der Waals surface area contributed by atoms with Gasteiger partial charge >= 0.3 is 5.97 Å². The molecule has 198 valence electrons. The molecule has 0 amide bonds. The maximum Gasteiger partial charge on any atom is 0.338 e. The summed E-state index contributed by atoms with van der Waals surface area (Å²) in [6, 6.07) is 0. The Morgan fingerprint density at radius 3 is 1.59 bits per heavy atom. The smallest absolute Gasteiger partial charge is 0.338 e. The van der Waals surface area contributed by atoms with Crippen molar-refractivity contribution in [3.8, 4) is 0 Å². The van der Waals surface area contributed by atoms with E-state index in [4.69, 9.17) is 23.7 Å². The fourth-order valence-electron chi connectivity index (χ4n) is 3.96. The third kappa shape index (κ3) is 5.20. The maximum atomic E-state index is 11.5. The van der Waals surface area contributed by atoms with Gasteiger partial charge in [-0.1, -0.05) is 0 Å². The molecular formula is C18H30O16. The molecule has 3 aliphatic heterocycles. The lowest BCUT2D eigenvalue weighted by Gasteiger charge is -2.47. The van der Waals surface area contributed by atoms with Crippen LogP contribution in [0.4, 0.5) is 0 Å². The first-order valence-corrected chi connectivity index (χ1v) is 10.5. The van der Waals surface area contributed by atoms with Crippen LogP contribution in [0.1, 0.15) is 0 Å². The monoisotopic (exact) mass is 502 g/mol. The lowest BCUT2D eigenvalue weighted by molar-refractivity contribution is -0.369. The van der Waals surface area contributed by atoms with Crippen molar-refractivity contribution in [2.24, 2.45) is 0 Å². The fraction of sp³-hybridized carbons (Fsp3) is 0.944. The summed E-state index contributed by atoms with van der Waals surface area (Å²) in [6.45, 7) is -2.40. The quantitative estimate of drug-likeness (QED) is 0.145. The molecule has 3 aliphatic rings. The number of hydrogen-bond acceptors (Lipinski definition) is 16. The van der Waals surface area contributed by atoms with Gasteiger partial charge in [-0.2, -0.15) is 0 Å². The minimum atomic E-state index is -2.02. The lowest BCUT2D eigenvalue weighted by atomic mass is 9.96. The van der Waals surface area contributed by atoms with Crippen molar-refractivity contribution in [1.82, 2.24) is 0 Å². The van der Waals surface area contributed by atoms with Crippen LogP contribution in [-0.4, -0.2) is 163 Å². The average molecular weight is 502 g/mol. The van der Waals surface area contributed by atoms with Crippen molar-refractivity contribution < 1.29 is 79.5 Å². The highest BCUT2D eigenvalue weighted by atomic mass is 16.7. The molecule has 3 fully saturated rings. The summed E-state index contributed by atoms with van der Waals surface area (Å²) in [5.74, 6) is -1.21. The third-order valence-corrected chi connectivity index (χ3v) is 5.97. The highest BCUT2D eigenvalue weighted by Crippen LogP contribution is 2.31. The molecule has 10 N–H and O–H groups in total. The first-order valence-electron chi connectivity index (χ1n) is 10.5. The summed E-state index contributed by atoms with van der Waals surface area (Å²) in [7, 11) is 0. The highest BCUT2D eigenvalue weighted by Gasteiger charge is 2.53. The average Bonchev–Trinajstić information content (AvgIpc) is 2.83. The van der Waals surface area contributed by atoms with Crippen molar-refractivity contribution in [2.45, 2.75) is 85.8 Å². The van der Waals surface area contributed by atoms with Crippen molar-refractivity contribution in [1.29, 1.82) is 0 Å². The molecule has 34 heavy (non-hydrogen) atoms. The number of esters is 1. The molecule has 16 nitrogen and oxygen atoms in total. The van der Waals surface area contributed by atoms with Crippen LogP contribution in [0.15, 0.2) is 0 Å². The number of cyclic esters (lactones) is 1.